The minimum atomic E-state index is -0.722. The molecule has 0 aliphatic carbocycles. The third-order valence-electron chi connectivity index (χ3n) is 3.39. The first-order valence-corrected chi connectivity index (χ1v) is 7.09. The lowest BCUT2D eigenvalue weighted by Gasteiger charge is -2.35. The molecule has 2 rings (SSSR count). The standard InChI is InChI=1S/C16H19N3O3/c1-16(2,3)22-15(21)19-10-12-7-5-4-6-11(12)8-13(19)14(20)9-18-17/h4-7,9,13H,8,10H2,1-3H3/t13-/m0/s1. The molecule has 0 saturated heterocycles. The van der Waals surface area contributed by atoms with Crippen molar-refractivity contribution in [2.75, 3.05) is 0 Å². The number of ketones is 1. The first-order chi connectivity index (χ1) is 10.3. The molecule has 1 aliphatic heterocycles. The predicted octanol–water partition coefficient (Wildman–Crippen LogP) is 2.22. The number of nitrogens with zero attached hydrogens (tertiary/aromatic N) is 3. The van der Waals surface area contributed by atoms with Gasteiger partial charge in [0.2, 0.25) is 0 Å². The smallest absolute Gasteiger partial charge is 0.411 e. The Morgan fingerprint density at radius 3 is 2.55 bits per heavy atom. The van der Waals surface area contributed by atoms with Gasteiger partial charge in [-0.05, 0) is 31.9 Å². The molecule has 0 aromatic heterocycles. The number of Topliss-reactive ketones (excluding diaryl/α,β-unsaturated/α-hetero) is 1. The fraction of sp³-hybridized carbons (Fsp3) is 0.438. The minimum absolute atomic E-state index is 0.292. The summed E-state index contributed by atoms with van der Waals surface area (Å²) in [7, 11) is 0. The summed E-state index contributed by atoms with van der Waals surface area (Å²) in [5.74, 6) is -0.428. The van der Waals surface area contributed by atoms with Crippen LogP contribution in [-0.4, -0.2) is 39.4 Å². The first-order valence-electron chi connectivity index (χ1n) is 7.09. The van der Waals surface area contributed by atoms with E-state index in [0.29, 0.717) is 13.0 Å². The van der Waals surface area contributed by atoms with Gasteiger partial charge in [0.15, 0.2) is 0 Å². The zero-order valence-corrected chi connectivity index (χ0v) is 12.9. The number of fused-ring (bicyclic) bond motifs is 1. The second kappa shape index (κ2) is 6.12. The van der Waals surface area contributed by atoms with Crippen molar-refractivity contribution >= 4 is 18.1 Å². The summed E-state index contributed by atoms with van der Waals surface area (Å²) < 4.78 is 5.38. The van der Waals surface area contributed by atoms with Crippen LogP contribution in [-0.2, 0) is 22.5 Å². The maximum Gasteiger partial charge on any atom is 0.411 e. The van der Waals surface area contributed by atoms with Gasteiger partial charge in [0.1, 0.15) is 11.6 Å². The van der Waals surface area contributed by atoms with Crippen LogP contribution in [0.2, 0.25) is 0 Å². The van der Waals surface area contributed by atoms with E-state index >= 15 is 0 Å². The highest BCUT2D eigenvalue weighted by Crippen LogP contribution is 2.25. The number of benzene rings is 1. The molecule has 0 radical (unpaired) electrons. The number of hydrogen-bond donors (Lipinski definition) is 0. The van der Waals surface area contributed by atoms with Crippen LogP contribution in [0.4, 0.5) is 4.79 Å². The number of hydrogen-bond acceptors (Lipinski definition) is 3. The van der Waals surface area contributed by atoms with E-state index in [9.17, 15) is 9.59 Å². The Hall–Kier alpha value is -2.46. The predicted molar refractivity (Wildman–Crippen MR) is 80.4 cm³/mol. The van der Waals surface area contributed by atoms with Crippen LogP contribution >= 0.6 is 0 Å². The van der Waals surface area contributed by atoms with Gasteiger partial charge in [-0.1, -0.05) is 24.3 Å². The molecule has 1 amide bonds. The summed E-state index contributed by atoms with van der Waals surface area (Å²) in [6, 6.07) is 6.92. The molecule has 0 unspecified atom stereocenters. The molecule has 1 heterocycles. The summed E-state index contributed by atoms with van der Waals surface area (Å²) in [4.78, 5) is 28.7. The Bertz CT molecular complexity index is 642. The van der Waals surface area contributed by atoms with Crippen LogP contribution < -0.4 is 0 Å². The number of carbonyl (C=O) groups excluding carboxylic acids is 2. The molecule has 0 saturated carbocycles. The van der Waals surface area contributed by atoms with Crippen molar-refractivity contribution in [2.45, 2.75) is 45.4 Å². The van der Waals surface area contributed by atoms with Crippen LogP contribution in [0, 0.1) is 0 Å². The second-order valence-corrected chi connectivity index (χ2v) is 6.24. The molecule has 0 N–H and O–H groups in total. The molecule has 22 heavy (non-hydrogen) atoms. The monoisotopic (exact) mass is 301 g/mol. The number of carbonyl (C=O) groups is 2. The van der Waals surface area contributed by atoms with Gasteiger partial charge >= 0.3 is 12.3 Å². The maximum absolute atomic E-state index is 12.4. The van der Waals surface area contributed by atoms with Gasteiger partial charge in [0.05, 0.1) is 6.54 Å². The Kier molecular flexibility index (Phi) is 4.43. The number of ether oxygens (including phenoxy) is 1. The van der Waals surface area contributed by atoms with Gasteiger partial charge in [-0.15, -0.1) is 0 Å². The van der Waals surface area contributed by atoms with Gasteiger partial charge in [-0.2, -0.15) is 4.79 Å². The lowest BCUT2D eigenvalue weighted by atomic mass is 9.92. The highest BCUT2D eigenvalue weighted by atomic mass is 16.6. The largest absolute Gasteiger partial charge is 0.444 e. The summed E-state index contributed by atoms with van der Waals surface area (Å²) in [5, 5.41) is 0. The van der Waals surface area contributed by atoms with Gasteiger partial charge in [-0.25, -0.2) is 4.79 Å². The van der Waals surface area contributed by atoms with E-state index in [4.69, 9.17) is 10.3 Å². The van der Waals surface area contributed by atoms with E-state index in [0.717, 1.165) is 17.3 Å². The van der Waals surface area contributed by atoms with Crippen molar-refractivity contribution in [1.82, 2.24) is 4.90 Å². The lowest BCUT2D eigenvalue weighted by Crippen LogP contribution is -2.50. The summed E-state index contributed by atoms with van der Waals surface area (Å²) >= 11 is 0. The van der Waals surface area contributed by atoms with Crippen molar-refractivity contribution in [3.63, 3.8) is 0 Å². The van der Waals surface area contributed by atoms with E-state index in [1.807, 2.05) is 24.3 Å². The fourth-order valence-electron chi connectivity index (χ4n) is 2.43. The molecular weight excluding hydrogens is 282 g/mol. The molecule has 0 bridgehead atoms. The van der Waals surface area contributed by atoms with Gasteiger partial charge < -0.3 is 10.3 Å². The molecule has 0 spiro atoms. The van der Waals surface area contributed by atoms with Gasteiger partial charge in [-0.3, -0.25) is 9.69 Å². The topological polar surface area (TPSA) is 83.0 Å². The number of amides is 1. The molecule has 116 valence electrons. The molecule has 1 atom stereocenters. The van der Waals surface area contributed by atoms with Crippen LogP contribution in [0.3, 0.4) is 0 Å². The Morgan fingerprint density at radius 1 is 1.32 bits per heavy atom. The van der Waals surface area contributed by atoms with E-state index < -0.39 is 23.5 Å². The molecule has 0 fully saturated rings. The average molecular weight is 301 g/mol. The quantitative estimate of drug-likeness (QED) is 0.477. The van der Waals surface area contributed by atoms with Crippen molar-refractivity contribution in [3.05, 3.63) is 40.9 Å². The van der Waals surface area contributed by atoms with Crippen LogP contribution in [0.1, 0.15) is 31.9 Å². The SMILES string of the molecule is CC(C)(C)OC(=O)N1Cc2ccccc2C[C@H]1C(=O)C=[N+]=[N-]. The molecule has 6 heteroatoms. The van der Waals surface area contributed by atoms with Crippen molar-refractivity contribution in [1.29, 1.82) is 0 Å². The number of rotatable bonds is 2. The Balaban J connectivity index is 2.33. The minimum Gasteiger partial charge on any atom is -0.444 e. The third kappa shape index (κ3) is 3.59. The van der Waals surface area contributed by atoms with E-state index in [1.165, 1.54) is 4.90 Å². The summed E-state index contributed by atoms with van der Waals surface area (Å²) in [5.41, 5.74) is 9.93. The third-order valence-corrected chi connectivity index (χ3v) is 3.39. The van der Waals surface area contributed by atoms with E-state index in [-0.39, 0.29) is 0 Å². The molecule has 1 aromatic carbocycles. The summed E-state index contributed by atoms with van der Waals surface area (Å²) in [6.45, 7) is 5.61. The molecular formula is C16H19N3O3. The maximum atomic E-state index is 12.4. The zero-order chi connectivity index (χ0) is 16.3. The van der Waals surface area contributed by atoms with Crippen molar-refractivity contribution in [3.8, 4) is 0 Å². The Labute approximate surface area is 129 Å². The normalized spacial score (nSPS) is 17.2. The molecule has 1 aliphatic rings. The van der Waals surface area contributed by atoms with Gasteiger partial charge in [0.25, 0.3) is 5.78 Å². The average Bonchev–Trinajstić information content (AvgIpc) is 2.44. The second-order valence-electron chi connectivity index (χ2n) is 6.24. The van der Waals surface area contributed by atoms with Crippen LogP contribution in [0.5, 0.6) is 0 Å². The molecule has 6 nitrogen and oxygen atoms in total. The fourth-order valence-corrected chi connectivity index (χ4v) is 2.43. The van der Waals surface area contributed by atoms with Crippen LogP contribution in [0.15, 0.2) is 24.3 Å². The molecule has 1 aromatic rings. The van der Waals surface area contributed by atoms with E-state index in [1.54, 1.807) is 20.8 Å². The summed E-state index contributed by atoms with van der Waals surface area (Å²) in [6.07, 6.45) is 0.655. The Morgan fingerprint density at radius 2 is 1.95 bits per heavy atom. The highest BCUT2D eigenvalue weighted by molar-refractivity contribution is 6.28. The lowest BCUT2D eigenvalue weighted by molar-refractivity contribution is -0.121. The highest BCUT2D eigenvalue weighted by Gasteiger charge is 2.37. The first kappa shape index (κ1) is 15.9. The van der Waals surface area contributed by atoms with Crippen LogP contribution in [0.25, 0.3) is 5.53 Å². The van der Waals surface area contributed by atoms with Crippen molar-refractivity contribution in [2.24, 2.45) is 0 Å². The van der Waals surface area contributed by atoms with Crippen molar-refractivity contribution < 1.29 is 19.1 Å². The zero-order valence-electron chi connectivity index (χ0n) is 12.9. The van der Waals surface area contributed by atoms with E-state index in [2.05, 4.69) is 4.79 Å². The van der Waals surface area contributed by atoms with Gasteiger partial charge in [0, 0.05) is 6.42 Å².